The number of nitrogens with zero attached hydrogens (tertiary/aromatic N) is 4. The average molecular weight is 302 g/mol. The Labute approximate surface area is 130 Å². The van der Waals surface area contributed by atoms with Gasteiger partial charge >= 0.3 is 0 Å². The Hall–Kier alpha value is -2.11. The molecule has 2 amide bonds. The Balaban J connectivity index is 1.74. The third-order valence-electron chi connectivity index (χ3n) is 4.42. The Morgan fingerprint density at radius 3 is 2.64 bits per heavy atom. The molecule has 0 atom stereocenters. The predicted octanol–water partition coefficient (Wildman–Crippen LogP) is 0.986. The van der Waals surface area contributed by atoms with Crippen molar-refractivity contribution in [3.05, 3.63) is 23.9 Å². The summed E-state index contributed by atoms with van der Waals surface area (Å²) in [7, 11) is 1.81. The first-order chi connectivity index (χ1) is 10.6. The van der Waals surface area contributed by atoms with Crippen LogP contribution in [0.2, 0.25) is 0 Å². The molecule has 6 nitrogen and oxygen atoms in total. The highest BCUT2D eigenvalue weighted by Gasteiger charge is 2.23. The molecule has 0 aliphatic carbocycles. The summed E-state index contributed by atoms with van der Waals surface area (Å²) < 4.78 is 0. The molecule has 1 aromatic heterocycles. The molecule has 3 heterocycles. The van der Waals surface area contributed by atoms with Crippen LogP contribution in [-0.2, 0) is 4.79 Å². The first kappa shape index (κ1) is 14.8. The van der Waals surface area contributed by atoms with Crippen molar-refractivity contribution in [3.63, 3.8) is 0 Å². The van der Waals surface area contributed by atoms with Gasteiger partial charge in [0.15, 0.2) is 0 Å². The fourth-order valence-corrected chi connectivity index (χ4v) is 2.96. The van der Waals surface area contributed by atoms with Gasteiger partial charge in [-0.2, -0.15) is 0 Å². The monoisotopic (exact) mass is 302 g/mol. The maximum Gasteiger partial charge on any atom is 0.254 e. The molecule has 0 saturated carbocycles. The van der Waals surface area contributed by atoms with Crippen molar-refractivity contribution in [3.8, 4) is 0 Å². The van der Waals surface area contributed by atoms with Gasteiger partial charge in [0, 0.05) is 45.0 Å². The first-order valence-electron chi connectivity index (χ1n) is 7.89. The largest absolute Gasteiger partial charge is 0.346 e. The van der Waals surface area contributed by atoms with Crippen molar-refractivity contribution in [2.24, 2.45) is 0 Å². The van der Waals surface area contributed by atoms with Crippen molar-refractivity contribution in [2.75, 3.05) is 44.7 Å². The summed E-state index contributed by atoms with van der Waals surface area (Å²) in [5.74, 6) is 0.869. The van der Waals surface area contributed by atoms with E-state index in [0.717, 1.165) is 32.5 Å². The average Bonchev–Trinajstić information content (AvgIpc) is 2.57. The number of anilines is 1. The van der Waals surface area contributed by atoms with Crippen LogP contribution in [0, 0.1) is 0 Å². The number of hydrogen-bond acceptors (Lipinski definition) is 4. The molecule has 0 bridgehead atoms. The summed E-state index contributed by atoms with van der Waals surface area (Å²) in [5, 5.41) is 0. The number of hydrogen-bond donors (Lipinski definition) is 0. The molecule has 6 heteroatoms. The molecule has 3 rings (SSSR count). The van der Waals surface area contributed by atoms with E-state index in [0.29, 0.717) is 24.5 Å². The van der Waals surface area contributed by atoms with Crippen LogP contribution in [0.15, 0.2) is 18.3 Å². The smallest absolute Gasteiger partial charge is 0.254 e. The predicted molar refractivity (Wildman–Crippen MR) is 83.8 cm³/mol. The highest BCUT2D eigenvalue weighted by atomic mass is 16.2. The number of likely N-dealkylation sites (tertiary alicyclic amines) is 1. The second-order valence-corrected chi connectivity index (χ2v) is 5.99. The second-order valence-electron chi connectivity index (χ2n) is 5.99. The lowest BCUT2D eigenvalue weighted by molar-refractivity contribution is -0.129. The maximum absolute atomic E-state index is 12.6. The van der Waals surface area contributed by atoms with Crippen LogP contribution in [-0.4, -0.2) is 66.4 Å². The van der Waals surface area contributed by atoms with Gasteiger partial charge in [-0.3, -0.25) is 9.59 Å². The topological polar surface area (TPSA) is 56.8 Å². The zero-order valence-electron chi connectivity index (χ0n) is 13.0. The molecule has 2 saturated heterocycles. The molecule has 0 radical (unpaired) electrons. The lowest BCUT2D eigenvalue weighted by atomic mass is 10.1. The molecule has 118 valence electrons. The van der Waals surface area contributed by atoms with Crippen molar-refractivity contribution >= 4 is 17.6 Å². The van der Waals surface area contributed by atoms with E-state index in [4.69, 9.17) is 0 Å². The molecular formula is C16H22N4O2. The zero-order valence-corrected chi connectivity index (χ0v) is 13.0. The van der Waals surface area contributed by atoms with Crippen LogP contribution in [0.25, 0.3) is 0 Å². The molecule has 22 heavy (non-hydrogen) atoms. The molecule has 1 aromatic rings. The minimum absolute atomic E-state index is 0.0730. The SMILES string of the molecule is CN1CCN(c2cc(C(=O)N3CCCCC3)ccn2)CC1=O. The number of aromatic nitrogens is 1. The number of pyridine rings is 1. The molecule has 0 N–H and O–H groups in total. The van der Waals surface area contributed by atoms with Crippen molar-refractivity contribution in [1.82, 2.24) is 14.8 Å². The molecule has 2 aliphatic rings. The van der Waals surface area contributed by atoms with Crippen LogP contribution in [0.5, 0.6) is 0 Å². The second kappa shape index (κ2) is 6.34. The number of piperidine rings is 1. The minimum Gasteiger partial charge on any atom is -0.346 e. The molecule has 2 fully saturated rings. The summed E-state index contributed by atoms with van der Waals surface area (Å²) in [5.41, 5.74) is 0.665. The molecule has 2 aliphatic heterocycles. The van der Waals surface area contributed by atoms with Crippen molar-refractivity contribution in [1.29, 1.82) is 0 Å². The fourth-order valence-electron chi connectivity index (χ4n) is 2.96. The lowest BCUT2D eigenvalue weighted by Gasteiger charge is -2.33. The number of piperazine rings is 1. The minimum atomic E-state index is 0.0730. The number of rotatable bonds is 2. The third-order valence-corrected chi connectivity index (χ3v) is 4.42. The Bertz CT molecular complexity index is 569. The van der Waals surface area contributed by atoms with Crippen LogP contribution < -0.4 is 4.90 Å². The van der Waals surface area contributed by atoms with E-state index in [9.17, 15) is 9.59 Å². The van der Waals surface area contributed by atoms with Gasteiger partial charge in [0.1, 0.15) is 5.82 Å². The highest BCUT2D eigenvalue weighted by Crippen LogP contribution is 2.18. The Morgan fingerprint density at radius 1 is 1.14 bits per heavy atom. The van der Waals surface area contributed by atoms with Gasteiger partial charge in [-0.1, -0.05) is 0 Å². The van der Waals surface area contributed by atoms with Gasteiger partial charge in [0.2, 0.25) is 5.91 Å². The molecule has 0 aromatic carbocycles. The number of amides is 2. The lowest BCUT2D eigenvalue weighted by Crippen LogP contribution is -2.48. The van der Waals surface area contributed by atoms with Crippen LogP contribution in [0.4, 0.5) is 5.82 Å². The normalized spacial score (nSPS) is 19.5. The number of carbonyl (C=O) groups is 2. The van der Waals surface area contributed by atoms with Crippen molar-refractivity contribution < 1.29 is 9.59 Å². The summed E-state index contributed by atoms with van der Waals surface area (Å²) in [6.07, 6.45) is 5.03. The summed E-state index contributed by atoms with van der Waals surface area (Å²) in [6.45, 7) is 3.43. The van der Waals surface area contributed by atoms with Crippen molar-refractivity contribution in [2.45, 2.75) is 19.3 Å². The summed E-state index contributed by atoms with van der Waals surface area (Å²) in [4.78, 5) is 34.3. The quantitative estimate of drug-likeness (QED) is 0.817. The van der Waals surface area contributed by atoms with E-state index in [1.807, 2.05) is 22.9 Å². The van der Waals surface area contributed by atoms with Crippen LogP contribution >= 0.6 is 0 Å². The number of likely N-dealkylation sites (N-methyl/N-ethyl adjacent to an activating group) is 1. The van der Waals surface area contributed by atoms with E-state index >= 15 is 0 Å². The highest BCUT2D eigenvalue weighted by molar-refractivity contribution is 5.95. The molecule has 0 unspecified atom stereocenters. The Kier molecular flexibility index (Phi) is 4.27. The summed E-state index contributed by atoms with van der Waals surface area (Å²) in [6, 6.07) is 3.58. The van der Waals surface area contributed by atoms with E-state index in [1.54, 1.807) is 17.2 Å². The van der Waals surface area contributed by atoms with Gasteiger partial charge in [0.05, 0.1) is 6.54 Å². The van der Waals surface area contributed by atoms with Gasteiger partial charge in [-0.25, -0.2) is 4.98 Å². The van der Waals surface area contributed by atoms with Gasteiger partial charge in [0.25, 0.3) is 5.91 Å². The fraction of sp³-hybridized carbons (Fsp3) is 0.562. The third kappa shape index (κ3) is 3.05. The maximum atomic E-state index is 12.6. The standard InChI is InChI=1S/C16H22N4O2/c1-18-9-10-20(12-15(18)21)14-11-13(5-6-17-14)16(22)19-7-3-2-4-8-19/h5-6,11H,2-4,7-10,12H2,1H3. The first-order valence-corrected chi connectivity index (χ1v) is 7.89. The van der Waals surface area contributed by atoms with Crippen LogP contribution in [0.1, 0.15) is 29.6 Å². The van der Waals surface area contributed by atoms with Crippen LogP contribution in [0.3, 0.4) is 0 Å². The summed E-state index contributed by atoms with van der Waals surface area (Å²) >= 11 is 0. The number of carbonyl (C=O) groups excluding carboxylic acids is 2. The van der Waals surface area contributed by atoms with E-state index in [2.05, 4.69) is 4.98 Å². The van der Waals surface area contributed by atoms with E-state index in [1.165, 1.54) is 6.42 Å². The van der Waals surface area contributed by atoms with Gasteiger partial charge in [-0.15, -0.1) is 0 Å². The Morgan fingerprint density at radius 2 is 1.91 bits per heavy atom. The van der Waals surface area contributed by atoms with E-state index in [-0.39, 0.29) is 11.8 Å². The zero-order chi connectivity index (χ0) is 15.5. The molecular weight excluding hydrogens is 280 g/mol. The van der Waals surface area contributed by atoms with Gasteiger partial charge < -0.3 is 14.7 Å². The molecule has 0 spiro atoms. The van der Waals surface area contributed by atoms with E-state index < -0.39 is 0 Å². The van der Waals surface area contributed by atoms with Gasteiger partial charge in [-0.05, 0) is 31.4 Å².